The molecule has 0 amide bonds. The van der Waals surface area contributed by atoms with Gasteiger partial charge in [-0.3, -0.25) is 9.59 Å². The second-order valence-corrected chi connectivity index (χ2v) is 18.3. The minimum atomic E-state index is -1.30. The zero-order valence-corrected chi connectivity index (χ0v) is 35.8. The van der Waals surface area contributed by atoms with E-state index in [4.69, 9.17) is 28.5 Å². The number of ketones is 1. The molecule has 17 atom stereocenters. The van der Waals surface area contributed by atoms with Gasteiger partial charge in [0, 0.05) is 30.1 Å². The molecule has 4 saturated heterocycles. The summed E-state index contributed by atoms with van der Waals surface area (Å²) in [5.41, 5.74) is -0.762. The number of aliphatic carboxylic acids is 1. The fourth-order valence-electron chi connectivity index (χ4n) is 10.8. The van der Waals surface area contributed by atoms with E-state index in [1.54, 1.807) is 6.92 Å². The normalized spacial score (nSPS) is 43.6. The van der Waals surface area contributed by atoms with Gasteiger partial charge in [0.25, 0.3) is 0 Å². The average Bonchev–Trinajstić information content (AvgIpc) is 3.51. The van der Waals surface area contributed by atoms with Crippen molar-refractivity contribution >= 4 is 23.8 Å². The molecule has 5 aliphatic rings. The van der Waals surface area contributed by atoms with Crippen LogP contribution in [-0.2, 0) is 42.9 Å². The number of carboxylic acid groups (broad SMARTS) is 1. The van der Waals surface area contributed by atoms with Crippen molar-refractivity contribution in [3.63, 3.8) is 0 Å². The van der Waals surface area contributed by atoms with Gasteiger partial charge in [0.15, 0.2) is 5.79 Å². The molecular formula is C44H71NO11. The summed E-state index contributed by atoms with van der Waals surface area (Å²) < 4.78 is 34.2. The number of nitrogens with zero attached hydrogens (tertiary/aromatic N) is 1. The molecule has 0 saturated carbocycles. The van der Waals surface area contributed by atoms with Gasteiger partial charge in [0.2, 0.25) is 5.79 Å². The number of carbonyl (C=O) groups excluding carboxylic acids is 2. The van der Waals surface area contributed by atoms with Crippen LogP contribution >= 0.6 is 0 Å². The number of ether oxygens (including phenoxy) is 5. The second-order valence-electron chi connectivity index (χ2n) is 18.3. The van der Waals surface area contributed by atoms with Gasteiger partial charge < -0.3 is 43.5 Å². The molecule has 318 valence electrons. The Hall–Kier alpha value is -2.22. The number of Topliss-reactive ketones (excluding diaryl/α,β-unsaturated/α-hetero) is 1. The summed E-state index contributed by atoms with van der Waals surface area (Å²) in [5, 5.41) is 26.0. The van der Waals surface area contributed by atoms with Crippen LogP contribution in [0.3, 0.4) is 0 Å². The van der Waals surface area contributed by atoms with Crippen LogP contribution in [0, 0.1) is 46.8 Å². The molecule has 5 rings (SSSR count). The first-order chi connectivity index (χ1) is 26.4. The Morgan fingerprint density at radius 1 is 0.964 bits per heavy atom. The molecule has 12 nitrogen and oxygen atoms in total. The van der Waals surface area contributed by atoms with Gasteiger partial charge in [-0.2, -0.15) is 0 Å². The molecule has 0 aromatic heterocycles. The molecule has 2 unspecified atom stereocenters. The van der Waals surface area contributed by atoms with Gasteiger partial charge in [-0.25, -0.2) is 0 Å². The first-order valence-electron chi connectivity index (χ1n) is 21.5. The first-order valence-corrected chi connectivity index (χ1v) is 21.5. The third-order valence-corrected chi connectivity index (χ3v) is 14.9. The standard InChI is InChI=1S/C44H71NO11/c1-12-31(40(49)50)33-16-15-25(4)38(53-33)29(8)36(47)28(7)37(48)32(13-2)39-26(5)23-27(6)43(54-39)20-17-34(45-51-11)44(56-43)22-21-41(10,55-44)35-18-19-42(14-3,24-46)30(9)52-35/h17,20,24-33,35-36,38-39,47H,12-16,18-19,21-23H2,1-11H3,(H,49,50)/b45-34+/t25-,26-,27+,28-,29-,30-,31?,32?,33+,35+,36+,38+,39-,41-,42-,43-,44-/m0/s1. The highest BCUT2D eigenvalue weighted by molar-refractivity contribution is 6.01. The van der Waals surface area contributed by atoms with Gasteiger partial charge in [0.1, 0.15) is 24.9 Å². The molecule has 0 aromatic rings. The van der Waals surface area contributed by atoms with Crippen molar-refractivity contribution in [2.45, 2.75) is 187 Å². The number of carbonyl (C=O) groups is 3. The molecule has 5 heterocycles. The SMILES string of the molecule is CCC(C(=O)[C@@H](C)[C@@H](O)[C@H](C)[C@@H]1O[C@@H](C(CC)C(=O)O)CC[C@@H]1C)[C@H]1O[C@]2(C=C/C(=N\OC)[C@]3(CC[C@@](C)([C@H]4CC[C@](C=O)(CC)[C@H](C)O4)O3)O2)[C@H](C)C[C@@H]1C. The Morgan fingerprint density at radius 3 is 2.25 bits per heavy atom. The van der Waals surface area contributed by atoms with Crippen LogP contribution in [0.25, 0.3) is 0 Å². The quantitative estimate of drug-likeness (QED) is 0.135. The van der Waals surface area contributed by atoms with Gasteiger partial charge in [0.05, 0.1) is 53.6 Å². The highest BCUT2D eigenvalue weighted by Crippen LogP contribution is 2.54. The van der Waals surface area contributed by atoms with Crippen molar-refractivity contribution in [2.24, 2.45) is 52.0 Å². The van der Waals surface area contributed by atoms with Crippen LogP contribution in [0.1, 0.15) is 133 Å². The number of aliphatic hydroxyl groups is 1. The van der Waals surface area contributed by atoms with Gasteiger partial charge in [-0.15, -0.1) is 0 Å². The highest BCUT2D eigenvalue weighted by atomic mass is 16.8. The van der Waals surface area contributed by atoms with E-state index in [1.165, 1.54) is 7.11 Å². The van der Waals surface area contributed by atoms with Gasteiger partial charge >= 0.3 is 5.97 Å². The van der Waals surface area contributed by atoms with Crippen LogP contribution in [0.2, 0.25) is 0 Å². The predicted molar refractivity (Wildman–Crippen MR) is 211 cm³/mol. The minimum Gasteiger partial charge on any atom is -0.481 e. The fourth-order valence-corrected chi connectivity index (χ4v) is 10.8. The van der Waals surface area contributed by atoms with E-state index < -0.39 is 70.5 Å². The average molecular weight is 790 g/mol. The molecule has 2 N–H and O–H groups in total. The van der Waals surface area contributed by atoms with Crippen LogP contribution in [-0.4, -0.2) is 94.9 Å². The summed E-state index contributed by atoms with van der Waals surface area (Å²) in [6.07, 6.45) is 8.31. The Kier molecular flexibility index (Phi) is 14.1. The molecule has 0 aliphatic carbocycles. The number of rotatable bonds is 14. The summed E-state index contributed by atoms with van der Waals surface area (Å²) in [6, 6.07) is 0. The van der Waals surface area contributed by atoms with Gasteiger partial charge in [-0.1, -0.05) is 60.5 Å². The minimum absolute atomic E-state index is 0.0151. The summed E-state index contributed by atoms with van der Waals surface area (Å²) in [5.74, 6) is -5.69. The largest absolute Gasteiger partial charge is 0.481 e. The number of hydrogen-bond donors (Lipinski definition) is 2. The topological polar surface area (TPSA) is 159 Å². The summed E-state index contributed by atoms with van der Waals surface area (Å²) in [6.45, 7) is 19.9. The van der Waals surface area contributed by atoms with Crippen molar-refractivity contribution in [3.8, 4) is 0 Å². The van der Waals surface area contributed by atoms with Crippen LogP contribution in [0.15, 0.2) is 17.3 Å². The second kappa shape index (κ2) is 17.6. The maximum absolute atomic E-state index is 14.5. The van der Waals surface area contributed by atoms with Crippen LogP contribution in [0.4, 0.5) is 0 Å². The van der Waals surface area contributed by atoms with E-state index >= 15 is 0 Å². The molecule has 0 bridgehead atoms. The smallest absolute Gasteiger partial charge is 0.309 e. The van der Waals surface area contributed by atoms with E-state index in [-0.39, 0.29) is 41.8 Å². The summed E-state index contributed by atoms with van der Waals surface area (Å²) in [4.78, 5) is 44.0. The zero-order chi connectivity index (χ0) is 41.4. The molecule has 2 spiro atoms. The van der Waals surface area contributed by atoms with Crippen molar-refractivity contribution in [1.29, 1.82) is 0 Å². The highest BCUT2D eigenvalue weighted by Gasteiger charge is 2.63. The summed E-state index contributed by atoms with van der Waals surface area (Å²) >= 11 is 0. The lowest BCUT2D eigenvalue weighted by Gasteiger charge is -2.53. The van der Waals surface area contributed by atoms with Crippen LogP contribution in [0.5, 0.6) is 0 Å². The van der Waals surface area contributed by atoms with Crippen molar-refractivity contribution < 1.29 is 53.1 Å². The number of oxime groups is 1. The van der Waals surface area contributed by atoms with E-state index in [2.05, 4.69) is 25.9 Å². The van der Waals surface area contributed by atoms with E-state index in [1.807, 2.05) is 53.7 Å². The maximum Gasteiger partial charge on any atom is 0.309 e. The van der Waals surface area contributed by atoms with Crippen LogP contribution < -0.4 is 0 Å². The van der Waals surface area contributed by atoms with E-state index in [0.29, 0.717) is 57.1 Å². The van der Waals surface area contributed by atoms with Crippen molar-refractivity contribution in [3.05, 3.63) is 12.2 Å². The Morgan fingerprint density at radius 2 is 1.66 bits per heavy atom. The predicted octanol–water partition coefficient (Wildman–Crippen LogP) is 7.28. The molecule has 56 heavy (non-hydrogen) atoms. The maximum atomic E-state index is 14.5. The molecule has 12 heteroatoms. The zero-order valence-electron chi connectivity index (χ0n) is 35.8. The Bertz CT molecular complexity index is 1470. The Balaban J connectivity index is 1.35. The monoisotopic (exact) mass is 790 g/mol. The molecule has 0 radical (unpaired) electrons. The number of aliphatic hydroxyl groups excluding tert-OH is 1. The number of carboxylic acids is 1. The first kappa shape index (κ1) is 44.9. The molecule has 5 aliphatic heterocycles. The van der Waals surface area contributed by atoms with E-state index in [0.717, 1.165) is 19.1 Å². The molecule has 0 aromatic carbocycles. The Labute approximate surface area is 334 Å². The number of hydrogen-bond acceptors (Lipinski definition) is 11. The van der Waals surface area contributed by atoms with Gasteiger partial charge in [-0.05, 0) is 95.6 Å². The number of aldehydes is 1. The van der Waals surface area contributed by atoms with Crippen molar-refractivity contribution in [1.82, 2.24) is 0 Å². The van der Waals surface area contributed by atoms with E-state index in [9.17, 15) is 24.6 Å². The third kappa shape index (κ3) is 8.18. The third-order valence-electron chi connectivity index (χ3n) is 14.9. The lowest BCUT2D eigenvalue weighted by Crippen LogP contribution is -2.62. The molecular weight excluding hydrogens is 718 g/mol. The lowest BCUT2D eigenvalue weighted by atomic mass is 9.72. The van der Waals surface area contributed by atoms with Crippen molar-refractivity contribution in [2.75, 3.05) is 7.11 Å². The molecule has 4 fully saturated rings. The lowest BCUT2D eigenvalue weighted by molar-refractivity contribution is -0.371. The fraction of sp³-hybridized carbons (Fsp3) is 0.864. The summed E-state index contributed by atoms with van der Waals surface area (Å²) in [7, 11) is 1.49.